The van der Waals surface area contributed by atoms with E-state index in [1.807, 2.05) is 25.6 Å². The Labute approximate surface area is 116 Å². The van der Waals surface area contributed by atoms with Crippen molar-refractivity contribution in [2.45, 2.75) is 26.0 Å². The molecule has 106 valence electrons. The highest BCUT2D eigenvalue weighted by molar-refractivity contribution is 5.07. The SMILES string of the molecule is COC1CN(CCNCc2cccnc2)CCC1C. The van der Waals surface area contributed by atoms with Gasteiger partial charge in [0.25, 0.3) is 0 Å². The third-order valence-corrected chi connectivity index (χ3v) is 3.93. The van der Waals surface area contributed by atoms with Crippen LogP contribution in [0.25, 0.3) is 0 Å². The summed E-state index contributed by atoms with van der Waals surface area (Å²) in [7, 11) is 1.82. The molecular formula is C15H25N3O. The molecule has 2 rings (SSSR count). The zero-order valence-corrected chi connectivity index (χ0v) is 12.0. The van der Waals surface area contributed by atoms with Crippen LogP contribution in [0.1, 0.15) is 18.9 Å². The average molecular weight is 263 g/mol. The van der Waals surface area contributed by atoms with Crippen LogP contribution in [0, 0.1) is 5.92 Å². The van der Waals surface area contributed by atoms with Gasteiger partial charge in [0.2, 0.25) is 0 Å². The first kappa shape index (κ1) is 14.4. The third kappa shape index (κ3) is 4.56. The number of hydrogen-bond donors (Lipinski definition) is 1. The van der Waals surface area contributed by atoms with Crippen LogP contribution in [0.15, 0.2) is 24.5 Å². The fourth-order valence-corrected chi connectivity index (χ4v) is 2.58. The van der Waals surface area contributed by atoms with E-state index in [1.165, 1.54) is 18.5 Å². The Hall–Kier alpha value is -0.970. The first-order valence-electron chi connectivity index (χ1n) is 7.14. The van der Waals surface area contributed by atoms with E-state index in [0.29, 0.717) is 12.0 Å². The van der Waals surface area contributed by atoms with Crippen molar-refractivity contribution in [3.05, 3.63) is 30.1 Å². The largest absolute Gasteiger partial charge is 0.380 e. The number of methoxy groups -OCH3 is 1. The topological polar surface area (TPSA) is 37.4 Å². The minimum Gasteiger partial charge on any atom is -0.380 e. The lowest BCUT2D eigenvalue weighted by Crippen LogP contribution is -2.45. The molecule has 0 saturated carbocycles. The summed E-state index contributed by atoms with van der Waals surface area (Å²) in [5.74, 6) is 0.685. The number of likely N-dealkylation sites (tertiary alicyclic amines) is 1. The fourth-order valence-electron chi connectivity index (χ4n) is 2.58. The summed E-state index contributed by atoms with van der Waals surface area (Å²) in [4.78, 5) is 6.61. The number of pyridine rings is 1. The minimum absolute atomic E-state index is 0.395. The van der Waals surface area contributed by atoms with Crippen molar-refractivity contribution in [3.8, 4) is 0 Å². The Bertz CT molecular complexity index is 358. The van der Waals surface area contributed by atoms with Gasteiger partial charge >= 0.3 is 0 Å². The predicted molar refractivity (Wildman–Crippen MR) is 77.0 cm³/mol. The Morgan fingerprint density at radius 3 is 3.16 bits per heavy atom. The van der Waals surface area contributed by atoms with E-state index in [9.17, 15) is 0 Å². The van der Waals surface area contributed by atoms with Crippen LogP contribution in [-0.2, 0) is 11.3 Å². The van der Waals surface area contributed by atoms with Gasteiger partial charge in [0, 0.05) is 45.7 Å². The molecule has 2 unspecified atom stereocenters. The Kier molecular flexibility index (Phi) is 5.76. The van der Waals surface area contributed by atoms with Crippen LogP contribution in [0.5, 0.6) is 0 Å². The first-order valence-corrected chi connectivity index (χ1v) is 7.14. The monoisotopic (exact) mass is 263 g/mol. The predicted octanol–water partition coefficient (Wildman–Crippen LogP) is 1.53. The summed E-state index contributed by atoms with van der Waals surface area (Å²) >= 11 is 0. The van der Waals surface area contributed by atoms with Gasteiger partial charge < -0.3 is 10.1 Å². The normalized spacial score (nSPS) is 24.5. The van der Waals surface area contributed by atoms with Gasteiger partial charge in [-0.15, -0.1) is 0 Å². The number of rotatable bonds is 6. The van der Waals surface area contributed by atoms with E-state index in [1.54, 1.807) is 0 Å². The van der Waals surface area contributed by atoms with Crippen LogP contribution in [0.3, 0.4) is 0 Å². The molecule has 0 spiro atoms. The fraction of sp³-hybridized carbons (Fsp3) is 0.667. The molecular weight excluding hydrogens is 238 g/mol. The summed E-state index contributed by atoms with van der Waals surface area (Å²) < 4.78 is 5.54. The van der Waals surface area contributed by atoms with Gasteiger partial charge in [-0.25, -0.2) is 0 Å². The summed E-state index contributed by atoms with van der Waals surface area (Å²) in [5.41, 5.74) is 1.24. The van der Waals surface area contributed by atoms with Crippen molar-refractivity contribution in [3.63, 3.8) is 0 Å². The average Bonchev–Trinajstić information content (AvgIpc) is 2.46. The molecule has 0 amide bonds. The number of nitrogens with zero attached hydrogens (tertiary/aromatic N) is 2. The Balaban J connectivity index is 1.63. The van der Waals surface area contributed by atoms with Crippen molar-refractivity contribution < 1.29 is 4.74 Å². The van der Waals surface area contributed by atoms with Crippen LogP contribution in [0.2, 0.25) is 0 Å². The molecule has 1 aliphatic rings. The summed E-state index contributed by atoms with van der Waals surface area (Å²) in [6, 6.07) is 4.08. The van der Waals surface area contributed by atoms with Gasteiger partial charge in [-0.2, -0.15) is 0 Å². The number of ether oxygens (including phenoxy) is 1. The van der Waals surface area contributed by atoms with Crippen molar-refractivity contribution in [2.75, 3.05) is 33.3 Å². The number of aromatic nitrogens is 1. The van der Waals surface area contributed by atoms with E-state index < -0.39 is 0 Å². The van der Waals surface area contributed by atoms with Gasteiger partial charge in [0.1, 0.15) is 0 Å². The highest BCUT2D eigenvalue weighted by Crippen LogP contribution is 2.18. The molecule has 4 heteroatoms. The molecule has 19 heavy (non-hydrogen) atoms. The molecule has 1 N–H and O–H groups in total. The maximum Gasteiger partial charge on any atom is 0.0724 e. The first-order chi connectivity index (χ1) is 9.29. The number of hydrogen-bond acceptors (Lipinski definition) is 4. The van der Waals surface area contributed by atoms with E-state index >= 15 is 0 Å². The lowest BCUT2D eigenvalue weighted by atomic mass is 9.96. The smallest absolute Gasteiger partial charge is 0.0724 e. The molecule has 4 nitrogen and oxygen atoms in total. The molecule has 0 radical (unpaired) electrons. The van der Waals surface area contributed by atoms with Gasteiger partial charge in [-0.05, 0) is 30.5 Å². The molecule has 0 bridgehead atoms. The summed E-state index contributed by atoms with van der Waals surface area (Å²) in [5, 5.41) is 3.47. The van der Waals surface area contributed by atoms with E-state index in [4.69, 9.17) is 4.74 Å². The summed E-state index contributed by atoms with van der Waals surface area (Å²) in [6.07, 6.45) is 5.35. The standard InChI is InChI=1S/C15H25N3O/c1-13-5-8-18(12-15(13)19-2)9-7-17-11-14-4-3-6-16-10-14/h3-4,6,10,13,15,17H,5,7-9,11-12H2,1-2H3. The molecule has 1 saturated heterocycles. The Morgan fingerprint density at radius 1 is 1.53 bits per heavy atom. The molecule has 1 fully saturated rings. The van der Waals surface area contributed by atoms with Gasteiger partial charge in [0.05, 0.1) is 6.10 Å². The molecule has 0 aliphatic carbocycles. The van der Waals surface area contributed by atoms with Crippen molar-refractivity contribution in [1.29, 1.82) is 0 Å². The highest BCUT2D eigenvalue weighted by Gasteiger charge is 2.25. The molecule has 1 aromatic heterocycles. The van der Waals surface area contributed by atoms with Crippen LogP contribution < -0.4 is 5.32 Å². The maximum absolute atomic E-state index is 5.54. The second kappa shape index (κ2) is 7.58. The third-order valence-electron chi connectivity index (χ3n) is 3.93. The Morgan fingerprint density at radius 2 is 2.42 bits per heavy atom. The van der Waals surface area contributed by atoms with Crippen LogP contribution in [0.4, 0.5) is 0 Å². The minimum atomic E-state index is 0.395. The highest BCUT2D eigenvalue weighted by atomic mass is 16.5. The zero-order valence-electron chi connectivity index (χ0n) is 12.0. The van der Waals surface area contributed by atoms with Gasteiger partial charge in [0.15, 0.2) is 0 Å². The zero-order chi connectivity index (χ0) is 13.5. The van der Waals surface area contributed by atoms with E-state index in [2.05, 4.69) is 28.2 Å². The molecule has 2 heterocycles. The molecule has 1 aromatic rings. The van der Waals surface area contributed by atoms with Crippen LogP contribution in [-0.4, -0.2) is 49.3 Å². The molecule has 0 aromatic carbocycles. The quantitative estimate of drug-likeness (QED) is 0.790. The second-order valence-electron chi connectivity index (χ2n) is 5.38. The lowest BCUT2D eigenvalue weighted by molar-refractivity contribution is -0.00443. The van der Waals surface area contributed by atoms with E-state index in [-0.39, 0.29) is 0 Å². The van der Waals surface area contributed by atoms with Gasteiger partial charge in [-0.1, -0.05) is 13.0 Å². The number of piperidine rings is 1. The second-order valence-corrected chi connectivity index (χ2v) is 5.38. The van der Waals surface area contributed by atoms with Gasteiger partial charge in [-0.3, -0.25) is 9.88 Å². The summed E-state index contributed by atoms with van der Waals surface area (Å²) in [6.45, 7) is 7.53. The van der Waals surface area contributed by atoms with Crippen LogP contribution >= 0.6 is 0 Å². The van der Waals surface area contributed by atoms with Crippen molar-refractivity contribution in [2.24, 2.45) is 5.92 Å². The van der Waals surface area contributed by atoms with E-state index in [0.717, 1.165) is 26.2 Å². The van der Waals surface area contributed by atoms with Crippen molar-refractivity contribution >= 4 is 0 Å². The number of nitrogens with one attached hydrogen (secondary N) is 1. The molecule has 2 atom stereocenters. The molecule has 1 aliphatic heterocycles. The maximum atomic E-state index is 5.54. The van der Waals surface area contributed by atoms with Crippen molar-refractivity contribution in [1.82, 2.24) is 15.2 Å². The lowest BCUT2D eigenvalue weighted by Gasteiger charge is -2.36.